The number of para-hydroxylation sites is 1. The van der Waals surface area contributed by atoms with Crippen LogP contribution < -0.4 is 0 Å². The Morgan fingerprint density at radius 1 is 1.20 bits per heavy atom. The molecule has 0 saturated carbocycles. The largest absolute Gasteiger partial charge is 0.252 e. The van der Waals surface area contributed by atoms with Crippen molar-refractivity contribution in [2.45, 2.75) is 39.4 Å². The first-order valence-corrected chi connectivity index (χ1v) is 7.74. The smallest absolute Gasteiger partial charge is 0.145 e. The Balaban J connectivity index is 2.55. The van der Waals surface area contributed by atoms with Gasteiger partial charge in [-0.3, -0.25) is 4.98 Å². The molecular weight excluding hydrogens is 268 g/mol. The molecule has 0 fully saturated rings. The quantitative estimate of drug-likeness (QED) is 0.788. The Labute approximate surface area is 122 Å². The lowest BCUT2D eigenvalue weighted by molar-refractivity contribution is 0.650. The van der Waals surface area contributed by atoms with Gasteiger partial charge in [0.05, 0.1) is 16.0 Å². The number of aryl methyl sites for hydroxylation is 1. The van der Waals surface area contributed by atoms with Crippen LogP contribution in [-0.4, -0.2) is 19.7 Å². The molecule has 0 saturated heterocycles. The topological polar surface area (TPSA) is 42.3 Å². The summed E-state index contributed by atoms with van der Waals surface area (Å²) in [6.07, 6.45) is 0. The van der Waals surface area contributed by atoms with Crippen molar-refractivity contribution in [3.8, 4) is 0 Å². The highest BCUT2D eigenvalue weighted by atomic mass is 32.2. The summed E-state index contributed by atoms with van der Waals surface area (Å²) in [5.41, 5.74) is 3.60. The van der Waals surface area contributed by atoms with E-state index in [2.05, 4.69) is 15.4 Å². The number of hydrogen-bond donors (Lipinski definition) is 0. The van der Waals surface area contributed by atoms with Crippen molar-refractivity contribution in [3.63, 3.8) is 0 Å². The number of rotatable bonds is 2. The maximum atomic E-state index is 12.2. The Bertz CT molecular complexity index is 699. The van der Waals surface area contributed by atoms with Crippen LogP contribution in [0.4, 0.5) is 0 Å². The molecule has 0 radical (unpaired) electrons. The highest BCUT2D eigenvalue weighted by Crippen LogP contribution is 2.20. The third kappa shape index (κ3) is 3.12. The van der Waals surface area contributed by atoms with Crippen molar-refractivity contribution < 1.29 is 4.21 Å². The third-order valence-electron chi connectivity index (χ3n) is 2.99. The van der Waals surface area contributed by atoms with E-state index in [1.165, 1.54) is 0 Å². The molecule has 1 aromatic heterocycles. The van der Waals surface area contributed by atoms with Gasteiger partial charge in [0.2, 0.25) is 0 Å². The third-order valence-corrected chi connectivity index (χ3v) is 4.48. The molecule has 1 heterocycles. The number of nitrogens with zero attached hydrogens (tertiary/aromatic N) is 2. The molecule has 1 unspecified atom stereocenters. The number of benzene rings is 1. The van der Waals surface area contributed by atoms with E-state index in [-0.39, 0.29) is 4.75 Å². The van der Waals surface area contributed by atoms with Crippen molar-refractivity contribution in [3.05, 3.63) is 41.6 Å². The molecule has 1 aromatic carbocycles. The first-order chi connectivity index (χ1) is 9.29. The van der Waals surface area contributed by atoms with E-state index in [0.717, 1.165) is 27.9 Å². The van der Waals surface area contributed by atoms with E-state index < -0.39 is 11.0 Å². The Morgan fingerprint density at radius 3 is 2.55 bits per heavy atom. The minimum Gasteiger partial charge on any atom is -0.252 e. The molecule has 106 valence electrons. The van der Waals surface area contributed by atoms with Gasteiger partial charge in [-0.15, -0.1) is 0 Å². The first kappa shape index (κ1) is 14.9. The van der Waals surface area contributed by atoms with Crippen LogP contribution in [-0.2, 0) is 11.0 Å². The van der Waals surface area contributed by atoms with E-state index in [1.807, 2.05) is 58.9 Å². The zero-order valence-electron chi connectivity index (χ0n) is 12.6. The molecule has 0 amide bonds. The lowest BCUT2D eigenvalue weighted by Crippen LogP contribution is -2.20. The Kier molecular flexibility index (Phi) is 4.04. The fraction of sp³-hybridized carbons (Fsp3) is 0.375. The van der Waals surface area contributed by atoms with Crippen molar-refractivity contribution in [1.29, 1.82) is 0 Å². The number of pyridine rings is 1. The van der Waals surface area contributed by atoms with Gasteiger partial charge in [-0.1, -0.05) is 24.3 Å². The van der Waals surface area contributed by atoms with Crippen LogP contribution in [0.25, 0.3) is 10.9 Å². The minimum atomic E-state index is -1.26. The summed E-state index contributed by atoms with van der Waals surface area (Å²) in [5, 5.41) is 1.07. The summed E-state index contributed by atoms with van der Waals surface area (Å²) in [5.74, 6) is 0. The maximum absolute atomic E-state index is 12.2. The normalized spacial score (nSPS) is 14.6. The fourth-order valence-electron chi connectivity index (χ4n) is 1.85. The Hall–Kier alpha value is -1.55. The molecular formula is C16H20N2OS. The SMILES string of the molecule is C/C(=N\S(=O)C(C)(C)C)c1cccc2ccc(C)nc12. The average molecular weight is 288 g/mol. The molecule has 2 rings (SSSR count). The van der Waals surface area contributed by atoms with Gasteiger partial charge in [0.15, 0.2) is 0 Å². The highest BCUT2D eigenvalue weighted by Gasteiger charge is 2.19. The first-order valence-electron chi connectivity index (χ1n) is 6.63. The van der Waals surface area contributed by atoms with E-state index >= 15 is 0 Å². The van der Waals surface area contributed by atoms with Gasteiger partial charge in [-0.05, 0) is 40.7 Å². The van der Waals surface area contributed by atoms with Gasteiger partial charge in [0.25, 0.3) is 0 Å². The van der Waals surface area contributed by atoms with Gasteiger partial charge in [0, 0.05) is 16.6 Å². The second kappa shape index (κ2) is 5.44. The standard InChI is InChI=1S/C16H20N2OS/c1-11-9-10-13-7-6-8-14(15(13)17-11)12(2)18-20(19)16(3,4)5/h6-10H,1-5H3/b18-12+. The van der Waals surface area contributed by atoms with Gasteiger partial charge in [0.1, 0.15) is 11.0 Å². The summed E-state index contributed by atoms with van der Waals surface area (Å²) in [6.45, 7) is 9.63. The van der Waals surface area contributed by atoms with E-state index in [9.17, 15) is 4.21 Å². The summed E-state index contributed by atoms with van der Waals surface area (Å²) in [7, 11) is -1.26. The molecule has 0 aliphatic rings. The zero-order chi connectivity index (χ0) is 14.9. The summed E-state index contributed by atoms with van der Waals surface area (Å²) in [4.78, 5) is 4.59. The summed E-state index contributed by atoms with van der Waals surface area (Å²) >= 11 is 0. The molecule has 0 aliphatic carbocycles. The number of fused-ring (bicyclic) bond motifs is 1. The molecule has 3 nitrogen and oxygen atoms in total. The molecule has 4 heteroatoms. The molecule has 2 aromatic rings. The maximum Gasteiger partial charge on any atom is 0.145 e. The van der Waals surface area contributed by atoms with Gasteiger partial charge < -0.3 is 0 Å². The van der Waals surface area contributed by atoms with Crippen molar-refractivity contribution in [2.75, 3.05) is 0 Å². The highest BCUT2D eigenvalue weighted by molar-refractivity contribution is 7.85. The molecule has 0 aliphatic heterocycles. The molecule has 20 heavy (non-hydrogen) atoms. The van der Waals surface area contributed by atoms with E-state index in [4.69, 9.17) is 0 Å². The summed E-state index contributed by atoms with van der Waals surface area (Å²) < 4.78 is 16.1. The molecule has 1 atom stereocenters. The fourth-order valence-corrected chi connectivity index (χ4v) is 2.47. The van der Waals surface area contributed by atoms with Crippen molar-refractivity contribution >= 4 is 27.6 Å². The van der Waals surface area contributed by atoms with Crippen LogP contribution in [0.5, 0.6) is 0 Å². The number of hydrogen-bond acceptors (Lipinski definition) is 2. The lowest BCUT2D eigenvalue weighted by atomic mass is 10.1. The van der Waals surface area contributed by atoms with Gasteiger partial charge in [-0.25, -0.2) is 4.21 Å². The van der Waals surface area contributed by atoms with Crippen LogP contribution in [0.15, 0.2) is 34.7 Å². The second-order valence-corrected chi connectivity index (χ2v) is 7.77. The van der Waals surface area contributed by atoms with Crippen molar-refractivity contribution in [1.82, 2.24) is 4.98 Å². The Morgan fingerprint density at radius 2 is 1.90 bits per heavy atom. The van der Waals surface area contributed by atoms with Crippen molar-refractivity contribution in [2.24, 2.45) is 4.40 Å². The minimum absolute atomic E-state index is 0.352. The van der Waals surface area contributed by atoms with Crippen LogP contribution >= 0.6 is 0 Å². The molecule has 0 spiro atoms. The van der Waals surface area contributed by atoms with E-state index in [1.54, 1.807) is 0 Å². The lowest BCUT2D eigenvalue weighted by Gasteiger charge is -2.14. The zero-order valence-corrected chi connectivity index (χ0v) is 13.4. The predicted molar refractivity (Wildman–Crippen MR) is 86.6 cm³/mol. The predicted octanol–water partition coefficient (Wildman–Crippen LogP) is 3.81. The van der Waals surface area contributed by atoms with Gasteiger partial charge in [-0.2, -0.15) is 4.40 Å². The van der Waals surface area contributed by atoms with E-state index in [0.29, 0.717) is 0 Å². The van der Waals surface area contributed by atoms with Crippen LogP contribution in [0, 0.1) is 6.92 Å². The molecule has 0 bridgehead atoms. The second-order valence-electron chi connectivity index (χ2n) is 5.87. The number of aromatic nitrogens is 1. The van der Waals surface area contributed by atoms with Crippen LogP contribution in [0.1, 0.15) is 39.0 Å². The van der Waals surface area contributed by atoms with Gasteiger partial charge >= 0.3 is 0 Å². The van der Waals surface area contributed by atoms with Crippen LogP contribution in [0.3, 0.4) is 0 Å². The molecule has 0 N–H and O–H groups in total. The monoisotopic (exact) mass is 288 g/mol. The summed E-state index contributed by atoms with van der Waals surface area (Å²) in [6, 6.07) is 10.0. The van der Waals surface area contributed by atoms with Crippen LogP contribution in [0.2, 0.25) is 0 Å². The average Bonchev–Trinajstić information content (AvgIpc) is 2.36.